The van der Waals surface area contributed by atoms with Gasteiger partial charge in [-0.3, -0.25) is 13.9 Å². The maximum Gasteiger partial charge on any atom is 0.278 e. The van der Waals surface area contributed by atoms with Gasteiger partial charge in [-0.1, -0.05) is 11.6 Å². The van der Waals surface area contributed by atoms with Crippen molar-refractivity contribution >= 4 is 56.2 Å². The van der Waals surface area contributed by atoms with E-state index in [0.29, 0.717) is 39.5 Å². The largest absolute Gasteiger partial charge is 0.353 e. The molecule has 2 aromatic heterocycles. The summed E-state index contributed by atoms with van der Waals surface area (Å²) in [5, 5.41) is 6.59. The van der Waals surface area contributed by atoms with Crippen molar-refractivity contribution in [2.24, 2.45) is 0 Å². The first kappa shape index (κ1) is 26.1. The van der Waals surface area contributed by atoms with E-state index in [2.05, 4.69) is 31.1 Å². The van der Waals surface area contributed by atoms with Crippen molar-refractivity contribution in [1.29, 1.82) is 0 Å². The van der Waals surface area contributed by atoms with Gasteiger partial charge in [-0.05, 0) is 39.0 Å². The molecule has 13 heteroatoms. The number of amides is 1. The molecular formula is C22H26ClN7O4S. The predicted octanol–water partition coefficient (Wildman–Crippen LogP) is 3.71. The Hall–Kier alpha value is -3.48. The third-order valence-corrected chi connectivity index (χ3v) is 6.17. The molecule has 1 amide bonds. The second-order valence-corrected chi connectivity index (χ2v) is 10.0. The van der Waals surface area contributed by atoms with E-state index < -0.39 is 15.9 Å². The molecule has 0 fully saturated rings. The molecule has 3 aromatic rings. The minimum absolute atomic E-state index is 0.159. The molecule has 0 saturated heterocycles. The van der Waals surface area contributed by atoms with Gasteiger partial charge in [0.2, 0.25) is 10.0 Å². The normalized spacial score (nSPS) is 11.1. The Bertz CT molecular complexity index is 1330. The van der Waals surface area contributed by atoms with Gasteiger partial charge in [0, 0.05) is 36.1 Å². The van der Waals surface area contributed by atoms with Crippen LogP contribution < -0.4 is 20.4 Å². The zero-order valence-electron chi connectivity index (χ0n) is 19.9. The van der Waals surface area contributed by atoms with E-state index in [-0.39, 0.29) is 12.2 Å². The van der Waals surface area contributed by atoms with Gasteiger partial charge in [0.25, 0.3) is 5.91 Å². The van der Waals surface area contributed by atoms with Gasteiger partial charge in [0.15, 0.2) is 0 Å². The van der Waals surface area contributed by atoms with Crippen LogP contribution in [0.25, 0.3) is 0 Å². The monoisotopic (exact) mass is 519 g/mol. The fraction of sp³-hybridized carbons (Fsp3) is 0.273. The van der Waals surface area contributed by atoms with E-state index in [0.717, 1.165) is 16.3 Å². The number of pyridine rings is 1. The van der Waals surface area contributed by atoms with E-state index in [9.17, 15) is 13.2 Å². The SMILES string of the molecule is CCONC(=O)c1cnc(Nc2cc(C)nc(C)n2)cc1Nc1cc(Cl)ccc1N(C)S(C)(=O)=O. The molecule has 11 nitrogen and oxygen atoms in total. The van der Waals surface area contributed by atoms with Crippen molar-refractivity contribution in [3.63, 3.8) is 0 Å². The highest BCUT2D eigenvalue weighted by atomic mass is 35.5. The zero-order chi connectivity index (χ0) is 25.8. The van der Waals surface area contributed by atoms with Crippen LogP contribution in [-0.2, 0) is 14.9 Å². The Morgan fingerprint density at radius 1 is 1.09 bits per heavy atom. The second-order valence-electron chi connectivity index (χ2n) is 7.56. The number of halogens is 1. The van der Waals surface area contributed by atoms with Crippen LogP contribution in [0.2, 0.25) is 5.02 Å². The topological polar surface area (TPSA) is 138 Å². The summed E-state index contributed by atoms with van der Waals surface area (Å²) in [5.41, 5.74) is 4.30. The molecule has 0 aliphatic rings. The van der Waals surface area contributed by atoms with Gasteiger partial charge in [-0.25, -0.2) is 28.8 Å². The lowest BCUT2D eigenvalue weighted by atomic mass is 10.2. The molecule has 0 radical (unpaired) electrons. The fourth-order valence-electron chi connectivity index (χ4n) is 3.12. The molecule has 0 aliphatic carbocycles. The Kier molecular flexibility index (Phi) is 8.10. The van der Waals surface area contributed by atoms with Crippen LogP contribution in [0.3, 0.4) is 0 Å². The first-order chi connectivity index (χ1) is 16.5. The number of anilines is 5. The molecule has 2 heterocycles. The third kappa shape index (κ3) is 6.78. The number of carbonyl (C=O) groups is 1. The molecule has 3 rings (SSSR count). The number of carbonyl (C=O) groups excluding carboxylic acids is 1. The molecule has 1 aromatic carbocycles. The third-order valence-electron chi connectivity index (χ3n) is 4.74. The lowest BCUT2D eigenvalue weighted by Crippen LogP contribution is -2.26. The minimum Gasteiger partial charge on any atom is -0.353 e. The van der Waals surface area contributed by atoms with Crippen LogP contribution in [-0.4, -0.2) is 49.2 Å². The summed E-state index contributed by atoms with van der Waals surface area (Å²) in [6, 6.07) is 8.06. The molecule has 0 bridgehead atoms. The molecular weight excluding hydrogens is 494 g/mol. The highest BCUT2D eigenvalue weighted by Gasteiger charge is 2.19. The summed E-state index contributed by atoms with van der Waals surface area (Å²) >= 11 is 6.19. The van der Waals surface area contributed by atoms with Crippen LogP contribution in [0.1, 0.15) is 28.8 Å². The van der Waals surface area contributed by atoms with E-state index in [1.54, 1.807) is 44.2 Å². The predicted molar refractivity (Wildman–Crippen MR) is 136 cm³/mol. The molecule has 0 aliphatic heterocycles. The number of sulfonamides is 1. The lowest BCUT2D eigenvalue weighted by molar-refractivity contribution is 0.0365. The number of aryl methyl sites for hydroxylation is 2. The maximum absolute atomic E-state index is 12.7. The van der Waals surface area contributed by atoms with Crippen molar-refractivity contribution < 1.29 is 18.0 Å². The number of benzene rings is 1. The van der Waals surface area contributed by atoms with Crippen molar-refractivity contribution in [3.05, 3.63) is 58.6 Å². The van der Waals surface area contributed by atoms with Crippen molar-refractivity contribution in [1.82, 2.24) is 20.4 Å². The highest BCUT2D eigenvalue weighted by molar-refractivity contribution is 7.92. The van der Waals surface area contributed by atoms with Crippen molar-refractivity contribution in [3.8, 4) is 0 Å². The summed E-state index contributed by atoms with van der Waals surface area (Å²) < 4.78 is 25.5. The molecule has 0 saturated carbocycles. The maximum atomic E-state index is 12.7. The summed E-state index contributed by atoms with van der Waals surface area (Å²) in [6.07, 6.45) is 2.46. The van der Waals surface area contributed by atoms with Gasteiger partial charge in [0.05, 0.1) is 35.5 Å². The molecule has 0 spiro atoms. The first-order valence-electron chi connectivity index (χ1n) is 10.5. The number of nitrogens with one attached hydrogen (secondary N) is 3. The summed E-state index contributed by atoms with van der Waals surface area (Å²) in [4.78, 5) is 30.7. The Morgan fingerprint density at radius 3 is 2.49 bits per heavy atom. The summed E-state index contributed by atoms with van der Waals surface area (Å²) in [5.74, 6) is 0.964. The number of hydrogen-bond donors (Lipinski definition) is 3. The van der Waals surface area contributed by atoms with Crippen LogP contribution >= 0.6 is 11.6 Å². The molecule has 0 unspecified atom stereocenters. The van der Waals surface area contributed by atoms with Crippen molar-refractivity contribution in [2.75, 3.05) is 34.8 Å². The average Bonchev–Trinajstić information content (AvgIpc) is 2.76. The smallest absolute Gasteiger partial charge is 0.278 e. The number of hydroxylamine groups is 1. The number of hydrogen-bond acceptors (Lipinski definition) is 9. The van der Waals surface area contributed by atoms with E-state index in [4.69, 9.17) is 16.4 Å². The summed E-state index contributed by atoms with van der Waals surface area (Å²) in [6.45, 7) is 5.63. The number of rotatable bonds is 9. The highest BCUT2D eigenvalue weighted by Crippen LogP contribution is 2.34. The van der Waals surface area contributed by atoms with Gasteiger partial charge >= 0.3 is 0 Å². The summed E-state index contributed by atoms with van der Waals surface area (Å²) in [7, 11) is -2.14. The van der Waals surface area contributed by atoms with E-state index >= 15 is 0 Å². The Morgan fingerprint density at radius 2 is 1.83 bits per heavy atom. The van der Waals surface area contributed by atoms with Crippen LogP contribution in [0.15, 0.2) is 36.5 Å². The van der Waals surface area contributed by atoms with Gasteiger partial charge < -0.3 is 10.6 Å². The molecule has 0 atom stereocenters. The standard InChI is InChI=1S/C22H26ClN7O4S/c1-6-34-29-22(31)16-12-24-20(28-21-9-13(2)25-14(3)26-21)11-17(16)27-18-10-15(23)7-8-19(18)30(4)35(5,32)33/h7-12H,6H2,1-5H3,(H,29,31)(H2,24,25,26,27,28). The first-order valence-corrected chi connectivity index (χ1v) is 12.7. The number of nitrogens with zero attached hydrogens (tertiary/aromatic N) is 4. The second kappa shape index (κ2) is 10.8. The van der Waals surface area contributed by atoms with E-state index in [1.165, 1.54) is 13.2 Å². The average molecular weight is 520 g/mol. The lowest BCUT2D eigenvalue weighted by Gasteiger charge is -2.22. The minimum atomic E-state index is -3.57. The zero-order valence-corrected chi connectivity index (χ0v) is 21.5. The van der Waals surface area contributed by atoms with Gasteiger partial charge in [0.1, 0.15) is 17.5 Å². The van der Waals surface area contributed by atoms with Gasteiger partial charge in [-0.2, -0.15) is 0 Å². The molecule has 186 valence electrons. The van der Waals surface area contributed by atoms with Gasteiger partial charge in [-0.15, -0.1) is 0 Å². The molecule has 35 heavy (non-hydrogen) atoms. The van der Waals surface area contributed by atoms with Crippen molar-refractivity contribution in [2.45, 2.75) is 20.8 Å². The quantitative estimate of drug-likeness (QED) is 0.361. The Labute approximate surface area is 208 Å². The van der Waals surface area contributed by atoms with Crippen LogP contribution in [0.5, 0.6) is 0 Å². The fourth-order valence-corrected chi connectivity index (χ4v) is 3.81. The van der Waals surface area contributed by atoms with Crippen LogP contribution in [0, 0.1) is 13.8 Å². The Balaban J connectivity index is 2.07. The van der Waals surface area contributed by atoms with E-state index in [1.807, 2.05) is 6.92 Å². The van der Waals surface area contributed by atoms with Crippen LogP contribution in [0.4, 0.5) is 28.7 Å². The molecule has 3 N–H and O–H groups in total. The number of aromatic nitrogens is 3.